The SMILES string of the molecule is CC(=O)c1c(C)n(-c2ccc(C)cc2)c2c(C)cc(NS(=O)(=O)c3ccc(Cl)cc3)cc12. The monoisotopic (exact) mass is 466 g/mol. The van der Waals surface area contributed by atoms with Crippen LogP contribution in [0.15, 0.2) is 65.6 Å². The molecule has 3 aromatic carbocycles. The quantitative estimate of drug-likeness (QED) is 0.355. The molecule has 1 aromatic heterocycles. The average molecular weight is 467 g/mol. The average Bonchev–Trinajstić information content (AvgIpc) is 3.01. The predicted molar refractivity (Wildman–Crippen MR) is 130 cm³/mol. The van der Waals surface area contributed by atoms with E-state index in [2.05, 4.69) is 9.29 Å². The topological polar surface area (TPSA) is 68.2 Å². The van der Waals surface area contributed by atoms with Gasteiger partial charge in [-0.2, -0.15) is 0 Å². The molecule has 0 radical (unpaired) electrons. The second kappa shape index (κ2) is 8.11. The summed E-state index contributed by atoms with van der Waals surface area (Å²) in [4.78, 5) is 12.7. The van der Waals surface area contributed by atoms with Crippen LogP contribution in [0.5, 0.6) is 0 Å². The minimum atomic E-state index is -3.81. The summed E-state index contributed by atoms with van der Waals surface area (Å²) in [5.41, 5.74) is 5.62. The van der Waals surface area contributed by atoms with E-state index in [-0.39, 0.29) is 10.7 Å². The van der Waals surface area contributed by atoms with Crippen molar-refractivity contribution in [3.05, 3.63) is 88.1 Å². The number of aromatic nitrogens is 1. The van der Waals surface area contributed by atoms with Crippen molar-refractivity contribution in [2.75, 3.05) is 4.72 Å². The first-order valence-corrected chi connectivity index (χ1v) is 12.0. The van der Waals surface area contributed by atoms with E-state index in [4.69, 9.17) is 11.6 Å². The van der Waals surface area contributed by atoms with E-state index in [0.29, 0.717) is 21.7 Å². The molecule has 4 rings (SSSR count). The van der Waals surface area contributed by atoms with E-state index >= 15 is 0 Å². The lowest BCUT2D eigenvalue weighted by atomic mass is 10.0. The smallest absolute Gasteiger partial charge is 0.261 e. The Kier molecular flexibility index (Phi) is 5.61. The highest BCUT2D eigenvalue weighted by atomic mass is 35.5. The number of ketones is 1. The van der Waals surface area contributed by atoms with Crippen molar-refractivity contribution >= 4 is 44.0 Å². The molecule has 1 N–H and O–H groups in total. The Morgan fingerprint density at radius 3 is 2.16 bits per heavy atom. The first-order valence-electron chi connectivity index (χ1n) is 10.1. The maximum absolute atomic E-state index is 12.9. The zero-order chi connectivity index (χ0) is 23.2. The van der Waals surface area contributed by atoms with E-state index in [9.17, 15) is 13.2 Å². The molecule has 164 valence electrons. The molecule has 4 aromatic rings. The molecule has 32 heavy (non-hydrogen) atoms. The number of hydrogen-bond acceptors (Lipinski definition) is 3. The molecule has 0 aliphatic carbocycles. The summed E-state index contributed by atoms with van der Waals surface area (Å²) < 4.78 is 30.4. The molecule has 0 fully saturated rings. The first kappa shape index (κ1) is 22.1. The number of fused-ring (bicyclic) bond motifs is 1. The largest absolute Gasteiger partial charge is 0.313 e. The fourth-order valence-corrected chi connectivity index (χ4v) is 5.26. The predicted octanol–water partition coefficient (Wildman–Crippen LogP) is 6.21. The number of aryl methyl sites for hydroxylation is 2. The lowest BCUT2D eigenvalue weighted by molar-refractivity contribution is 0.101. The number of benzene rings is 3. The summed E-state index contributed by atoms with van der Waals surface area (Å²) in [5.74, 6) is -0.0736. The van der Waals surface area contributed by atoms with Crippen LogP contribution in [0.1, 0.15) is 34.1 Å². The molecule has 0 spiro atoms. The Hall–Kier alpha value is -3.09. The zero-order valence-electron chi connectivity index (χ0n) is 18.2. The lowest BCUT2D eigenvalue weighted by Gasteiger charge is -2.13. The van der Waals surface area contributed by atoms with Gasteiger partial charge in [0.1, 0.15) is 0 Å². The van der Waals surface area contributed by atoms with Crippen LogP contribution in [0, 0.1) is 20.8 Å². The van der Waals surface area contributed by atoms with E-state index < -0.39 is 10.0 Å². The summed E-state index contributed by atoms with van der Waals surface area (Å²) in [6.45, 7) is 7.38. The molecule has 0 bridgehead atoms. The fraction of sp³-hybridized carbons (Fsp3) is 0.160. The third-order valence-electron chi connectivity index (χ3n) is 5.51. The van der Waals surface area contributed by atoms with Gasteiger partial charge in [-0.05, 0) is 81.8 Å². The van der Waals surface area contributed by atoms with Gasteiger partial charge in [0.05, 0.1) is 10.4 Å². The van der Waals surface area contributed by atoms with E-state index in [0.717, 1.165) is 28.0 Å². The maximum atomic E-state index is 12.9. The van der Waals surface area contributed by atoms with E-state index in [1.807, 2.05) is 45.0 Å². The summed E-state index contributed by atoms with van der Waals surface area (Å²) in [6.07, 6.45) is 0. The van der Waals surface area contributed by atoms with Crippen LogP contribution < -0.4 is 4.72 Å². The van der Waals surface area contributed by atoms with Crippen molar-refractivity contribution in [3.8, 4) is 5.69 Å². The number of carbonyl (C=O) groups is 1. The summed E-state index contributed by atoms with van der Waals surface area (Å²) >= 11 is 5.88. The number of carbonyl (C=O) groups excluding carboxylic acids is 1. The highest BCUT2D eigenvalue weighted by Crippen LogP contribution is 2.35. The number of anilines is 1. The molecule has 0 aliphatic heterocycles. The fourth-order valence-electron chi connectivity index (χ4n) is 4.09. The molecule has 0 atom stereocenters. The minimum absolute atomic E-state index is 0.0736. The van der Waals surface area contributed by atoms with Gasteiger partial charge in [-0.1, -0.05) is 29.3 Å². The zero-order valence-corrected chi connectivity index (χ0v) is 19.8. The number of halogens is 1. The van der Waals surface area contributed by atoms with Gasteiger partial charge in [-0.15, -0.1) is 0 Å². The number of nitrogens with zero attached hydrogens (tertiary/aromatic N) is 1. The van der Waals surface area contributed by atoms with Gasteiger partial charge in [-0.3, -0.25) is 9.52 Å². The van der Waals surface area contributed by atoms with Gasteiger partial charge in [0, 0.05) is 33.0 Å². The van der Waals surface area contributed by atoms with E-state index in [1.165, 1.54) is 31.2 Å². The van der Waals surface area contributed by atoms with Crippen molar-refractivity contribution in [1.82, 2.24) is 4.57 Å². The molecule has 0 saturated heterocycles. The lowest BCUT2D eigenvalue weighted by Crippen LogP contribution is -2.13. The Morgan fingerprint density at radius 1 is 0.938 bits per heavy atom. The van der Waals surface area contributed by atoms with Crippen LogP contribution in [-0.2, 0) is 10.0 Å². The van der Waals surface area contributed by atoms with Crippen molar-refractivity contribution in [2.24, 2.45) is 0 Å². The molecular weight excluding hydrogens is 444 g/mol. The molecule has 0 aliphatic rings. The Bertz CT molecular complexity index is 1450. The highest BCUT2D eigenvalue weighted by molar-refractivity contribution is 7.92. The molecule has 5 nitrogen and oxygen atoms in total. The van der Waals surface area contributed by atoms with Crippen LogP contribution in [0.4, 0.5) is 5.69 Å². The van der Waals surface area contributed by atoms with Crippen LogP contribution in [0.25, 0.3) is 16.6 Å². The van der Waals surface area contributed by atoms with Crippen molar-refractivity contribution in [2.45, 2.75) is 32.6 Å². The Labute approximate surface area is 192 Å². The van der Waals surface area contributed by atoms with Crippen molar-refractivity contribution in [3.63, 3.8) is 0 Å². The second-order valence-corrected chi connectivity index (χ2v) is 10.1. The van der Waals surface area contributed by atoms with Gasteiger partial charge < -0.3 is 4.57 Å². The Balaban J connectivity index is 1.90. The van der Waals surface area contributed by atoms with Gasteiger partial charge in [0.15, 0.2) is 5.78 Å². The van der Waals surface area contributed by atoms with Crippen LogP contribution in [-0.4, -0.2) is 18.8 Å². The Morgan fingerprint density at radius 2 is 1.56 bits per heavy atom. The first-order chi connectivity index (χ1) is 15.1. The minimum Gasteiger partial charge on any atom is -0.313 e. The van der Waals surface area contributed by atoms with Crippen LogP contribution in [0.3, 0.4) is 0 Å². The number of sulfonamides is 1. The summed E-state index contributed by atoms with van der Waals surface area (Å²) in [6, 6.07) is 17.6. The van der Waals surface area contributed by atoms with E-state index in [1.54, 1.807) is 12.1 Å². The summed E-state index contributed by atoms with van der Waals surface area (Å²) in [5, 5.41) is 1.17. The second-order valence-electron chi connectivity index (χ2n) is 7.94. The molecule has 7 heteroatoms. The molecule has 1 heterocycles. The third-order valence-corrected chi connectivity index (χ3v) is 7.16. The van der Waals surface area contributed by atoms with Crippen molar-refractivity contribution < 1.29 is 13.2 Å². The highest BCUT2D eigenvalue weighted by Gasteiger charge is 2.22. The maximum Gasteiger partial charge on any atom is 0.261 e. The van der Waals surface area contributed by atoms with Gasteiger partial charge in [0.25, 0.3) is 10.0 Å². The molecule has 0 amide bonds. The summed E-state index contributed by atoms with van der Waals surface area (Å²) in [7, 11) is -3.81. The van der Waals surface area contributed by atoms with Crippen molar-refractivity contribution in [1.29, 1.82) is 0 Å². The number of hydrogen-bond donors (Lipinski definition) is 1. The van der Waals surface area contributed by atoms with Gasteiger partial charge >= 0.3 is 0 Å². The van der Waals surface area contributed by atoms with Gasteiger partial charge in [-0.25, -0.2) is 8.42 Å². The van der Waals surface area contributed by atoms with Crippen LogP contribution >= 0.6 is 11.6 Å². The molecule has 0 unspecified atom stereocenters. The number of nitrogens with one attached hydrogen (secondary N) is 1. The number of rotatable bonds is 5. The van der Waals surface area contributed by atoms with Gasteiger partial charge in [0.2, 0.25) is 0 Å². The number of Topliss-reactive ketones (excluding diaryl/α,β-unsaturated/α-hetero) is 1. The molecular formula is C25H23ClN2O3S. The molecule has 0 saturated carbocycles. The van der Waals surface area contributed by atoms with Crippen LogP contribution in [0.2, 0.25) is 5.02 Å². The normalized spacial score (nSPS) is 11.7. The third kappa shape index (κ3) is 3.92. The standard InChI is InChI=1S/C25H23ClN2O3S/c1-15-5-9-21(10-6-15)28-17(3)24(18(4)29)23-14-20(13-16(2)25(23)28)27-32(30,31)22-11-7-19(26)8-12-22/h5-14,27H,1-4H3.